The van der Waals surface area contributed by atoms with Crippen LogP contribution in [0.1, 0.15) is 24.0 Å². The lowest BCUT2D eigenvalue weighted by molar-refractivity contribution is 0.299. The van der Waals surface area contributed by atoms with Crippen molar-refractivity contribution in [2.75, 3.05) is 6.61 Å². The van der Waals surface area contributed by atoms with E-state index in [1.165, 1.54) is 24.0 Å². The molecule has 0 spiro atoms. The average Bonchev–Trinajstić information content (AvgIpc) is 3.12. The summed E-state index contributed by atoms with van der Waals surface area (Å²) in [6.07, 6.45) is 6.60. The van der Waals surface area contributed by atoms with Crippen LogP contribution in [0.25, 0.3) is 0 Å². The molecule has 3 nitrogen and oxygen atoms in total. The summed E-state index contributed by atoms with van der Waals surface area (Å²) in [5.41, 5.74) is 2.44. The molecule has 0 radical (unpaired) electrons. The van der Waals surface area contributed by atoms with Crippen LogP contribution in [-0.2, 0) is 6.54 Å². The van der Waals surface area contributed by atoms with Crippen LogP contribution in [0.4, 0.5) is 0 Å². The molecule has 3 rings (SSSR count). The maximum Gasteiger partial charge on any atom is 0.119 e. The minimum atomic E-state index is 0.803. The van der Waals surface area contributed by atoms with E-state index in [1.807, 2.05) is 23.0 Å². The number of hydrogen-bond donors (Lipinski definition) is 0. The van der Waals surface area contributed by atoms with Crippen LogP contribution in [0.3, 0.4) is 0 Å². The largest absolute Gasteiger partial charge is 0.493 e. The Morgan fingerprint density at radius 2 is 2.06 bits per heavy atom. The highest BCUT2D eigenvalue weighted by Gasteiger charge is 2.21. The number of benzene rings is 1. The number of rotatable bonds is 5. The lowest BCUT2D eigenvalue weighted by Crippen LogP contribution is -2.01. The summed E-state index contributed by atoms with van der Waals surface area (Å²) >= 11 is 0. The molecule has 1 aromatic heterocycles. The van der Waals surface area contributed by atoms with E-state index in [2.05, 4.69) is 30.4 Å². The van der Waals surface area contributed by atoms with Gasteiger partial charge in [0, 0.05) is 6.20 Å². The van der Waals surface area contributed by atoms with Gasteiger partial charge in [0.25, 0.3) is 0 Å². The van der Waals surface area contributed by atoms with Crippen molar-refractivity contribution in [3.63, 3.8) is 0 Å². The van der Waals surface area contributed by atoms with Gasteiger partial charge in [-0.15, -0.1) is 0 Å². The van der Waals surface area contributed by atoms with Crippen molar-refractivity contribution in [1.82, 2.24) is 9.78 Å². The van der Waals surface area contributed by atoms with Crippen LogP contribution in [-0.4, -0.2) is 16.4 Å². The third-order valence-corrected chi connectivity index (χ3v) is 3.21. The standard InChI is InChI=1S/C15H18N2O/c1-12-8-16-17(9-12)10-13-4-6-15(7-5-13)18-11-14-2-3-14/h4-9,14H,2-3,10-11H2,1H3. The van der Waals surface area contributed by atoms with Gasteiger partial charge in [0.1, 0.15) is 5.75 Å². The van der Waals surface area contributed by atoms with Crippen LogP contribution < -0.4 is 4.74 Å². The fraction of sp³-hybridized carbons (Fsp3) is 0.400. The SMILES string of the molecule is Cc1cnn(Cc2ccc(OCC3CC3)cc2)c1. The minimum Gasteiger partial charge on any atom is -0.493 e. The maximum atomic E-state index is 5.72. The third kappa shape index (κ3) is 2.92. The molecule has 0 unspecified atom stereocenters. The minimum absolute atomic E-state index is 0.803. The quantitative estimate of drug-likeness (QED) is 0.805. The Hall–Kier alpha value is -1.77. The van der Waals surface area contributed by atoms with E-state index in [9.17, 15) is 0 Å². The Labute approximate surface area is 107 Å². The fourth-order valence-corrected chi connectivity index (χ4v) is 1.93. The normalized spacial score (nSPS) is 14.7. The first-order valence-corrected chi connectivity index (χ1v) is 6.50. The predicted molar refractivity (Wildman–Crippen MR) is 70.7 cm³/mol. The van der Waals surface area contributed by atoms with Crippen LogP contribution in [0.5, 0.6) is 5.75 Å². The molecule has 1 saturated carbocycles. The average molecular weight is 242 g/mol. The van der Waals surface area contributed by atoms with E-state index in [0.29, 0.717) is 0 Å². The van der Waals surface area contributed by atoms with Crippen molar-refractivity contribution < 1.29 is 4.74 Å². The second-order valence-electron chi connectivity index (χ2n) is 5.11. The van der Waals surface area contributed by atoms with Crippen molar-refractivity contribution >= 4 is 0 Å². The van der Waals surface area contributed by atoms with Gasteiger partial charge in [-0.3, -0.25) is 4.68 Å². The Balaban J connectivity index is 1.59. The molecule has 94 valence electrons. The number of aromatic nitrogens is 2. The van der Waals surface area contributed by atoms with E-state index < -0.39 is 0 Å². The topological polar surface area (TPSA) is 27.1 Å². The van der Waals surface area contributed by atoms with Gasteiger partial charge in [0.15, 0.2) is 0 Å². The fourth-order valence-electron chi connectivity index (χ4n) is 1.93. The molecular weight excluding hydrogens is 224 g/mol. The molecule has 18 heavy (non-hydrogen) atoms. The number of ether oxygens (including phenoxy) is 1. The monoisotopic (exact) mass is 242 g/mol. The van der Waals surface area contributed by atoms with E-state index >= 15 is 0 Å². The van der Waals surface area contributed by atoms with Gasteiger partial charge in [-0.1, -0.05) is 12.1 Å². The smallest absolute Gasteiger partial charge is 0.119 e. The van der Waals surface area contributed by atoms with Crippen LogP contribution in [0.15, 0.2) is 36.7 Å². The highest BCUT2D eigenvalue weighted by Crippen LogP contribution is 2.29. The molecule has 0 amide bonds. The Morgan fingerprint density at radius 3 is 2.67 bits per heavy atom. The maximum absolute atomic E-state index is 5.72. The first-order valence-electron chi connectivity index (χ1n) is 6.50. The number of aryl methyl sites for hydroxylation is 1. The first-order chi connectivity index (χ1) is 8.79. The van der Waals surface area contributed by atoms with E-state index in [0.717, 1.165) is 24.8 Å². The first kappa shape index (κ1) is 11.3. The summed E-state index contributed by atoms with van der Waals surface area (Å²) in [6.45, 7) is 3.74. The molecule has 0 N–H and O–H groups in total. The zero-order valence-corrected chi connectivity index (χ0v) is 10.7. The molecule has 1 heterocycles. The van der Waals surface area contributed by atoms with Gasteiger partial charge >= 0.3 is 0 Å². The molecule has 0 aliphatic heterocycles. The zero-order chi connectivity index (χ0) is 12.4. The van der Waals surface area contributed by atoms with E-state index in [-0.39, 0.29) is 0 Å². The third-order valence-electron chi connectivity index (χ3n) is 3.21. The summed E-state index contributed by atoms with van der Waals surface area (Å²) in [5, 5.41) is 4.29. The van der Waals surface area contributed by atoms with Crippen molar-refractivity contribution in [3.8, 4) is 5.75 Å². The molecular formula is C15H18N2O. The molecule has 1 aromatic carbocycles. The second-order valence-corrected chi connectivity index (χ2v) is 5.11. The molecule has 3 heteroatoms. The van der Waals surface area contributed by atoms with Gasteiger partial charge < -0.3 is 4.74 Å². The van der Waals surface area contributed by atoms with Gasteiger partial charge in [-0.2, -0.15) is 5.10 Å². The predicted octanol–water partition coefficient (Wildman–Crippen LogP) is 3.03. The van der Waals surface area contributed by atoms with Gasteiger partial charge in [0.2, 0.25) is 0 Å². The summed E-state index contributed by atoms with van der Waals surface area (Å²) in [7, 11) is 0. The molecule has 0 atom stereocenters. The van der Waals surface area contributed by atoms with E-state index in [1.54, 1.807) is 0 Å². The second kappa shape index (κ2) is 4.84. The Bertz CT molecular complexity index is 512. The zero-order valence-electron chi connectivity index (χ0n) is 10.7. The molecule has 1 fully saturated rings. The number of hydrogen-bond acceptors (Lipinski definition) is 2. The van der Waals surface area contributed by atoms with Gasteiger partial charge in [-0.25, -0.2) is 0 Å². The summed E-state index contributed by atoms with van der Waals surface area (Å²) in [4.78, 5) is 0. The van der Waals surface area contributed by atoms with Crippen molar-refractivity contribution in [1.29, 1.82) is 0 Å². The van der Waals surface area contributed by atoms with Crippen molar-refractivity contribution in [2.45, 2.75) is 26.3 Å². The molecule has 0 saturated heterocycles. The summed E-state index contributed by atoms with van der Waals surface area (Å²) in [6, 6.07) is 8.32. The van der Waals surface area contributed by atoms with Crippen molar-refractivity contribution in [2.24, 2.45) is 5.92 Å². The van der Waals surface area contributed by atoms with Crippen LogP contribution in [0, 0.1) is 12.8 Å². The summed E-state index contributed by atoms with van der Waals surface area (Å²) in [5.74, 6) is 1.78. The Kier molecular flexibility index (Phi) is 3.05. The Morgan fingerprint density at radius 1 is 1.28 bits per heavy atom. The highest BCUT2D eigenvalue weighted by molar-refractivity contribution is 5.27. The van der Waals surface area contributed by atoms with Gasteiger partial charge in [0.05, 0.1) is 19.3 Å². The van der Waals surface area contributed by atoms with E-state index in [4.69, 9.17) is 4.74 Å². The molecule has 2 aromatic rings. The lowest BCUT2D eigenvalue weighted by Gasteiger charge is -2.06. The summed E-state index contributed by atoms with van der Waals surface area (Å²) < 4.78 is 7.67. The highest BCUT2D eigenvalue weighted by atomic mass is 16.5. The lowest BCUT2D eigenvalue weighted by atomic mass is 10.2. The van der Waals surface area contributed by atoms with Crippen LogP contribution >= 0.6 is 0 Å². The number of nitrogens with zero attached hydrogens (tertiary/aromatic N) is 2. The van der Waals surface area contributed by atoms with Gasteiger partial charge in [-0.05, 0) is 48.9 Å². The molecule has 1 aliphatic rings. The molecule has 1 aliphatic carbocycles. The van der Waals surface area contributed by atoms with Crippen LogP contribution in [0.2, 0.25) is 0 Å². The molecule has 0 bridgehead atoms. The van der Waals surface area contributed by atoms with Crippen molar-refractivity contribution in [3.05, 3.63) is 47.8 Å².